The molecule has 1 saturated heterocycles. The van der Waals surface area contributed by atoms with E-state index in [1.165, 1.54) is 0 Å². The van der Waals surface area contributed by atoms with Crippen LogP contribution in [0.1, 0.15) is 57.8 Å². The van der Waals surface area contributed by atoms with E-state index in [0.717, 1.165) is 0 Å². The van der Waals surface area contributed by atoms with E-state index in [-0.39, 0.29) is 89.0 Å². The third-order valence-corrected chi connectivity index (χ3v) is 10.3. The molecule has 0 aliphatic carbocycles. The van der Waals surface area contributed by atoms with Gasteiger partial charge in [-0.1, -0.05) is 0 Å². The van der Waals surface area contributed by atoms with Gasteiger partial charge in [0.15, 0.2) is 0 Å². The fourth-order valence-electron chi connectivity index (χ4n) is 6.33. The molecule has 0 radical (unpaired) electrons. The van der Waals surface area contributed by atoms with Gasteiger partial charge in [-0.2, -0.15) is 0 Å². The SMILES string of the molecule is NCCCC[C@H](NC(=O)[C@H](N)CO)C(=O)NCC(=O)N[C@@H](CCCN(O)C=O)C(=O)N[C@@H](CO)C(=O)N[C@H](CO)C(=O)NCC(=O)N[C@H]1CCCNC(=O)[C@H](CO)NC(=O)[C@@H](CCCN(O)C=O)NC1=O. The lowest BCUT2D eigenvalue weighted by Crippen LogP contribution is -2.60. The zero-order chi connectivity index (χ0) is 53.5. The van der Waals surface area contributed by atoms with Crippen molar-refractivity contribution >= 4 is 71.9 Å². The average molecular weight is 1020 g/mol. The van der Waals surface area contributed by atoms with Gasteiger partial charge in [0.25, 0.3) is 0 Å². The Bertz CT molecular complexity index is 1800. The number of nitrogens with one attached hydrogen (secondary N) is 10. The first-order valence-corrected chi connectivity index (χ1v) is 22.4. The van der Waals surface area contributed by atoms with Crippen molar-refractivity contribution in [1.29, 1.82) is 0 Å². The van der Waals surface area contributed by atoms with Crippen molar-refractivity contribution in [2.24, 2.45) is 11.5 Å². The summed E-state index contributed by atoms with van der Waals surface area (Å²) < 4.78 is 0. The minimum atomic E-state index is -1.85. The zero-order valence-electron chi connectivity index (χ0n) is 38.8. The zero-order valence-corrected chi connectivity index (χ0v) is 38.8. The lowest BCUT2D eigenvalue weighted by molar-refractivity contribution is -0.150. The third-order valence-electron chi connectivity index (χ3n) is 10.3. The number of carbonyl (C=O) groups excluding carboxylic acids is 12. The average Bonchev–Trinajstić information content (AvgIpc) is 3.35. The molecule has 0 aromatic heterocycles. The van der Waals surface area contributed by atoms with Gasteiger partial charge in [0.2, 0.25) is 71.9 Å². The van der Waals surface area contributed by atoms with Gasteiger partial charge in [-0.25, -0.2) is 10.1 Å². The highest BCUT2D eigenvalue weighted by atomic mass is 16.5. The minimum Gasteiger partial charge on any atom is -0.394 e. The molecule has 0 aromatic carbocycles. The van der Waals surface area contributed by atoms with Crippen molar-refractivity contribution < 1.29 is 88.4 Å². The number of hydroxylamine groups is 4. The van der Waals surface area contributed by atoms with E-state index in [0.29, 0.717) is 17.9 Å². The number of aliphatic hydroxyl groups excluding tert-OH is 4. The summed E-state index contributed by atoms with van der Waals surface area (Å²) in [7, 11) is 0. The Balaban J connectivity index is 3.03. The van der Waals surface area contributed by atoms with Crippen LogP contribution in [-0.4, -0.2) is 227 Å². The number of carbonyl (C=O) groups is 12. The number of hydrogen-bond acceptors (Lipinski definition) is 20. The Morgan fingerprint density at radius 1 is 0.634 bits per heavy atom. The second-order valence-corrected chi connectivity index (χ2v) is 15.9. The first-order valence-electron chi connectivity index (χ1n) is 22.4. The molecule has 32 nitrogen and oxygen atoms in total. The fourth-order valence-corrected chi connectivity index (χ4v) is 6.33. The van der Waals surface area contributed by atoms with E-state index in [2.05, 4.69) is 53.2 Å². The Labute approximate surface area is 406 Å². The van der Waals surface area contributed by atoms with Crippen LogP contribution in [0.3, 0.4) is 0 Å². The monoisotopic (exact) mass is 1020 g/mol. The molecule has 32 heteroatoms. The van der Waals surface area contributed by atoms with Crippen LogP contribution in [0.15, 0.2) is 0 Å². The molecule has 0 aromatic rings. The van der Waals surface area contributed by atoms with Crippen molar-refractivity contribution in [1.82, 2.24) is 63.3 Å². The lowest BCUT2D eigenvalue weighted by atomic mass is 10.1. The van der Waals surface area contributed by atoms with E-state index in [4.69, 9.17) is 11.5 Å². The van der Waals surface area contributed by atoms with E-state index >= 15 is 0 Å². The molecule has 1 fully saturated rings. The van der Waals surface area contributed by atoms with Crippen LogP contribution in [0.4, 0.5) is 0 Å². The summed E-state index contributed by atoms with van der Waals surface area (Å²) in [5.41, 5.74) is 11.0. The Morgan fingerprint density at radius 3 is 1.73 bits per heavy atom. The van der Waals surface area contributed by atoms with E-state index < -0.39 is 147 Å². The molecular formula is C39H68N14O18. The number of aliphatic hydroxyl groups is 4. The number of unbranched alkanes of at least 4 members (excludes halogenated alkanes) is 1. The van der Waals surface area contributed by atoms with Gasteiger partial charge >= 0.3 is 0 Å². The molecule has 0 unspecified atom stereocenters. The highest BCUT2D eigenvalue weighted by Gasteiger charge is 2.33. The molecular weight excluding hydrogens is 953 g/mol. The van der Waals surface area contributed by atoms with Crippen molar-refractivity contribution in [2.75, 3.05) is 65.7 Å². The lowest BCUT2D eigenvalue weighted by Gasteiger charge is -2.26. The molecule has 71 heavy (non-hydrogen) atoms. The smallest absolute Gasteiger partial charge is 0.245 e. The molecule has 0 saturated carbocycles. The number of nitrogens with zero attached hydrogens (tertiary/aromatic N) is 2. The maximum atomic E-state index is 13.4. The molecule has 1 aliphatic heterocycles. The van der Waals surface area contributed by atoms with Crippen LogP contribution in [0.5, 0.6) is 0 Å². The van der Waals surface area contributed by atoms with Crippen molar-refractivity contribution in [2.45, 2.75) is 106 Å². The fraction of sp³-hybridized carbons (Fsp3) is 0.692. The molecule has 1 heterocycles. The maximum Gasteiger partial charge on any atom is 0.245 e. The van der Waals surface area contributed by atoms with E-state index in [9.17, 15) is 88.4 Å². The molecule has 1 rings (SSSR count). The quantitative estimate of drug-likeness (QED) is 0.0129. The van der Waals surface area contributed by atoms with Crippen LogP contribution in [-0.2, 0) is 57.5 Å². The second kappa shape index (κ2) is 34.6. The highest BCUT2D eigenvalue weighted by molar-refractivity contribution is 5.97. The Morgan fingerprint density at radius 2 is 1.15 bits per heavy atom. The summed E-state index contributed by atoms with van der Waals surface area (Å²) >= 11 is 0. The van der Waals surface area contributed by atoms with Crippen LogP contribution >= 0.6 is 0 Å². The standard InChI is InChI=1S/C39H68N14O18/c40-10-2-1-6-23(47-32(62)22(41)16-54)33(63)43-14-30(60)46-25(8-4-12-52(70)20-58)37(67)51-29(19-57)39(69)50-28(18-56)35(65)44-15-31(61)45-24-7-3-11-42-34(64)27(17-55)49-38(68)26(48-36(24)66)9-5-13-53(71)21-59/h20-29,54-57,70-71H,1-19,40-41H2,(H,42,64)(H,43,63)(H,44,65)(H,45,61)(H,46,60)(H,47,62)(H,48,66)(H,49,68)(H,50,69)(H,51,67)/t22-,23+,24+,25+,26-,27+,28-,29+/m1/s1. The first kappa shape index (κ1) is 62.3. The second-order valence-electron chi connectivity index (χ2n) is 15.9. The van der Waals surface area contributed by atoms with E-state index in [1.807, 2.05) is 0 Å². The van der Waals surface area contributed by atoms with Gasteiger partial charge in [-0.15, -0.1) is 0 Å². The summed E-state index contributed by atoms with van der Waals surface area (Å²) in [5, 5.41) is 81.2. The summed E-state index contributed by atoms with van der Waals surface area (Å²) in [6.45, 7) is -5.67. The summed E-state index contributed by atoms with van der Waals surface area (Å²) in [4.78, 5) is 151. The van der Waals surface area contributed by atoms with E-state index in [1.54, 1.807) is 0 Å². The van der Waals surface area contributed by atoms with Gasteiger partial charge < -0.3 is 85.1 Å². The Kier molecular flexibility index (Phi) is 30.4. The van der Waals surface area contributed by atoms with Crippen LogP contribution < -0.4 is 64.6 Å². The predicted molar refractivity (Wildman–Crippen MR) is 239 cm³/mol. The third kappa shape index (κ3) is 24.1. The molecule has 20 N–H and O–H groups in total. The van der Waals surface area contributed by atoms with Gasteiger partial charge in [0.1, 0.15) is 48.3 Å². The first-order chi connectivity index (χ1) is 33.8. The van der Waals surface area contributed by atoms with Gasteiger partial charge in [-0.05, 0) is 64.3 Å². The van der Waals surface area contributed by atoms with Gasteiger partial charge in [0, 0.05) is 19.6 Å². The summed E-state index contributed by atoms with van der Waals surface area (Å²) in [6.07, 6.45) is 0.449. The topological polar surface area (TPSA) is 505 Å². The summed E-state index contributed by atoms with van der Waals surface area (Å²) in [5.74, 6) is -9.71. The number of amides is 12. The van der Waals surface area contributed by atoms with Crippen molar-refractivity contribution in [3.05, 3.63) is 0 Å². The Hall–Kier alpha value is -6.68. The molecule has 1 aliphatic rings. The number of rotatable bonds is 32. The largest absolute Gasteiger partial charge is 0.394 e. The van der Waals surface area contributed by atoms with Gasteiger partial charge in [0.05, 0.1) is 39.5 Å². The van der Waals surface area contributed by atoms with Gasteiger partial charge in [-0.3, -0.25) is 67.9 Å². The maximum absolute atomic E-state index is 13.4. The minimum absolute atomic E-state index is 0.0252. The normalized spacial score (nSPS) is 18.3. The van der Waals surface area contributed by atoms with Crippen molar-refractivity contribution in [3.63, 3.8) is 0 Å². The molecule has 12 amide bonds. The highest BCUT2D eigenvalue weighted by Crippen LogP contribution is 2.07. The number of nitrogens with two attached hydrogens (primary N) is 2. The molecule has 402 valence electrons. The van der Waals surface area contributed by atoms with Crippen molar-refractivity contribution in [3.8, 4) is 0 Å². The van der Waals surface area contributed by atoms with Crippen LogP contribution in [0.25, 0.3) is 0 Å². The van der Waals surface area contributed by atoms with Crippen LogP contribution in [0, 0.1) is 0 Å². The molecule has 8 atom stereocenters. The predicted octanol–water partition coefficient (Wildman–Crippen LogP) is -10.8. The molecule has 0 bridgehead atoms. The number of hydrogen-bond donors (Lipinski definition) is 18. The molecule has 0 spiro atoms. The van der Waals surface area contributed by atoms with Crippen LogP contribution in [0.2, 0.25) is 0 Å². The summed E-state index contributed by atoms with van der Waals surface area (Å²) in [6, 6.07) is -11.9.